The van der Waals surface area contributed by atoms with Crippen molar-refractivity contribution in [3.8, 4) is 0 Å². The largest absolute Gasteiger partial charge is 0.478 e. The normalized spacial score (nSPS) is 18.3. The third-order valence-electron chi connectivity index (χ3n) is 6.09. The Bertz CT molecular complexity index is 956. The Morgan fingerprint density at radius 2 is 2.12 bits per heavy atom. The zero-order valence-corrected chi connectivity index (χ0v) is 20.3. The molecule has 1 saturated heterocycles. The predicted molar refractivity (Wildman–Crippen MR) is 129 cm³/mol. The molecule has 10 heteroatoms. The molecule has 3 rings (SSSR count). The number of aromatic nitrogens is 2. The van der Waals surface area contributed by atoms with E-state index >= 15 is 0 Å². The number of imidazole rings is 1. The van der Waals surface area contributed by atoms with Crippen molar-refractivity contribution in [2.24, 2.45) is 0 Å². The van der Waals surface area contributed by atoms with Crippen molar-refractivity contribution in [1.29, 1.82) is 0 Å². The Labute approximate surface area is 203 Å². The zero-order valence-electron chi connectivity index (χ0n) is 19.5. The number of carboxylic acids is 1. The highest BCUT2D eigenvalue weighted by molar-refractivity contribution is 7.98. The van der Waals surface area contributed by atoms with Crippen LogP contribution in [0.4, 0.5) is 0 Å². The number of amides is 2. The highest BCUT2D eigenvalue weighted by atomic mass is 32.2. The Balaban J connectivity index is 1.86. The highest BCUT2D eigenvalue weighted by Gasteiger charge is 2.50. The minimum Gasteiger partial charge on any atom is -0.478 e. The molecule has 34 heavy (non-hydrogen) atoms. The first-order chi connectivity index (χ1) is 16.4. The first-order valence-electron chi connectivity index (χ1n) is 11.4. The fourth-order valence-corrected chi connectivity index (χ4v) is 5.06. The van der Waals surface area contributed by atoms with Gasteiger partial charge in [0, 0.05) is 30.6 Å². The second kappa shape index (κ2) is 12.0. The number of rotatable bonds is 12. The minimum absolute atomic E-state index is 0.00270. The molecule has 1 aliphatic rings. The fraction of sp³-hybridized carbons (Fsp3) is 0.500. The first kappa shape index (κ1) is 25.8. The number of carbonyl (C=O) groups excluding carboxylic acids is 2. The van der Waals surface area contributed by atoms with Gasteiger partial charge in [-0.25, -0.2) is 9.78 Å². The minimum atomic E-state index is -1.96. The van der Waals surface area contributed by atoms with Crippen LogP contribution in [0.15, 0.2) is 42.9 Å². The molecule has 2 unspecified atom stereocenters. The van der Waals surface area contributed by atoms with Gasteiger partial charge < -0.3 is 25.0 Å². The maximum absolute atomic E-state index is 12.9. The number of H-pyrrole nitrogens is 1. The molecule has 1 aliphatic heterocycles. The Kier molecular flexibility index (Phi) is 9.12. The van der Waals surface area contributed by atoms with E-state index in [0.717, 1.165) is 17.7 Å². The molecule has 2 amide bonds. The van der Waals surface area contributed by atoms with E-state index in [-0.39, 0.29) is 31.4 Å². The highest BCUT2D eigenvalue weighted by Crippen LogP contribution is 2.34. The van der Waals surface area contributed by atoms with E-state index in [9.17, 15) is 19.5 Å². The average molecular weight is 489 g/mol. The molecule has 0 saturated carbocycles. The van der Waals surface area contributed by atoms with Gasteiger partial charge in [-0.05, 0) is 24.7 Å². The number of benzene rings is 1. The summed E-state index contributed by atoms with van der Waals surface area (Å²) in [5.41, 5.74) is -0.483. The molecular weight excluding hydrogens is 456 g/mol. The second-order valence-electron chi connectivity index (χ2n) is 8.31. The van der Waals surface area contributed by atoms with Gasteiger partial charge >= 0.3 is 5.97 Å². The summed E-state index contributed by atoms with van der Waals surface area (Å²) in [6.45, 7) is 2.25. The third-order valence-corrected chi connectivity index (χ3v) is 6.75. The maximum atomic E-state index is 12.9. The van der Waals surface area contributed by atoms with E-state index in [1.165, 1.54) is 18.1 Å². The molecule has 1 aromatic heterocycles. The second-order valence-corrected chi connectivity index (χ2v) is 9.22. The number of hydrogen-bond donors (Lipinski definition) is 3. The van der Waals surface area contributed by atoms with Gasteiger partial charge in [-0.1, -0.05) is 37.3 Å². The standard InChI is InChI=1S/C24H32N4O5S/c1-3-21(29)27-24(23(31)32,20(15-34-2)17-8-5-4-6-9-17)33-14-19-10-7-11-28(19)22(30)12-18-13-25-16-26-18/h4-6,8-9,13,16,19-20H,3,7,10-12,14-15H2,1-2H3,(H,25,26)(H,27,29)(H,31,32)/t19-,20?,24?/m0/s1. The SMILES string of the molecule is CCC(=O)NC(OC[C@@H]1CCCN1C(=O)Cc1cnc[nH]1)(C(=O)O)C(CSC)c1ccccc1. The van der Waals surface area contributed by atoms with E-state index in [4.69, 9.17) is 4.74 Å². The molecule has 3 N–H and O–H groups in total. The molecule has 0 aliphatic carbocycles. The molecule has 1 fully saturated rings. The molecule has 0 spiro atoms. The quantitative estimate of drug-likeness (QED) is 0.392. The molecule has 184 valence electrons. The van der Waals surface area contributed by atoms with Gasteiger partial charge in [0.1, 0.15) is 0 Å². The molecule has 0 bridgehead atoms. The summed E-state index contributed by atoms with van der Waals surface area (Å²) in [5, 5.41) is 13.1. The third kappa shape index (κ3) is 5.98. The van der Waals surface area contributed by atoms with E-state index in [0.29, 0.717) is 18.7 Å². The molecule has 0 radical (unpaired) electrons. The molecule has 3 atom stereocenters. The van der Waals surface area contributed by atoms with Crippen LogP contribution in [0.2, 0.25) is 0 Å². The van der Waals surface area contributed by atoms with E-state index in [2.05, 4.69) is 15.3 Å². The summed E-state index contributed by atoms with van der Waals surface area (Å²) < 4.78 is 6.17. The summed E-state index contributed by atoms with van der Waals surface area (Å²) in [6, 6.07) is 8.94. The average Bonchev–Trinajstić information content (AvgIpc) is 3.52. The van der Waals surface area contributed by atoms with E-state index in [1.54, 1.807) is 18.0 Å². The number of carboxylic acid groups (broad SMARTS) is 1. The van der Waals surface area contributed by atoms with Crippen molar-refractivity contribution in [1.82, 2.24) is 20.2 Å². The summed E-state index contributed by atoms with van der Waals surface area (Å²) in [7, 11) is 0. The lowest BCUT2D eigenvalue weighted by molar-refractivity contribution is -0.180. The van der Waals surface area contributed by atoms with Gasteiger partial charge in [0.15, 0.2) is 0 Å². The summed E-state index contributed by atoms with van der Waals surface area (Å²) in [4.78, 5) is 46.8. The topological polar surface area (TPSA) is 125 Å². The summed E-state index contributed by atoms with van der Waals surface area (Å²) in [5.74, 6) is -1.95. The first-order valence-corrected chi connectivity index (χ1v) is 12.8. The van der Waals surface area contributed by atoms with Crippen molar-refractivity contribution in [3.63, 3.8) is 0 Å². The van der Waals surface area contributed by atoms with Gasteiger partial charge in [0.25, 0.3) is 0 Å². The maximum Gasteiger partial charge on any atom is 0.358 e. The predicted octanol–water partition coefficient (Wildman–Crippen LogP) is 2.41. The number of hydrogen-bond acceptors (Lipinski definition) is 6. The van der Waals surface area contributed by atoms with Crippen LogP contribution in [-0.4, -0.2) is 74.7 Å². The van der Waals surface area contributed by atoms with Gasteiger partial charge in [-0.2, -0.15) is 11.8 Å². The van der Waals surface area contributed by atoms with Crippen LogP contribution in [0.1, 0.15) is 43.4 Å². The number of likely N-dealkylation sites (tertiary alicyclic amines) is 1. The fourth-order valence-electron chi connectivity index (χ4n) is 4.29. The van der Waals surface area contributed by atoms with Gasteiger partial charge in [-0.3, -0.25) is 9.59 Å². The van der Waals surface area contributed by atoms with E-state index in [1.807, 2.05) is 36.6 Å². The molecule has 2 heterocycles. The van der Waals surface area contributed by atoms with Crippen LogP contribution in [0.5, 0.6) is 0 Å². The van der Waals surface area contributed by atoms with Crippen LogP contribution < -0.4 is 5.32 Å². The summed E-state index contributed by atoms with van der Waals surface area (Å²) in [6.07, 6.45) is 6.84. The van der Waals surface area contributed by atoms with E-state index < -0.39 is 23.5 Å². The van der Waals surface area contributed by atoms with Crippen LogP contribution in [0.3, 0.4) is 0 Å². The smallest absolute Gasteiger partial charge is 0.358 e. The lowest BCUT2D eigenvalue weighted by Crippen LogP contribution is -2.62. The molecular formula is C24H32N4O5S. The van der Waals surface area contributed by atoms with Crippen molar-refractivity contribution in [3.05, 3.63) is 54.1 Å². The summed E-state index contributed by atoms with van der Waals surface area (Å²) >= 11 is 1.48. The number of carbonyl (C=O) groups is 3. The van der Waals surface area contributed by atoms with Crippen LogP contribution >= 0.6 is 11.8 Å². The van der Waals surface area contributed by atoms with Crippen LogP contribution in [-0.2, 0) is 25.5 Å². The van der Waals surface area contributed by atoms with Crippen molar-refractivity contribution >= 4 is 29.5 Å². The Morgan fingerprint density at radius 3 is 2.74 bits per heavy atom. The molecule has 2 aromatic rings. The molecule has 9 nitrogen and oxygen atoms in total. The van der Waals surface area contributed by atoms with Crippen LogP contribution in [0.25, 0.3) is 0 Å². The van der Waals surface area contributed by atoms with Crippen molar-refractivity contribution in [2.45, 2.75) is 50.3 Å². The lowest BCUT2D eigenvalue weighted by atomic mass is 9.89. The number of nitrogens with one attached hydrogen (secondary N) is 2. The monoisotopic (exact) mass is 488 g/mol. The zero-order chi connectivity index (χ0) is 24.6. The van der Waals surface area contributed by atoms with Crippen molar-refractivity contribution in [2.75, 3.05) is 25.2 Å². The number of aliphatic carboxylic acids is 1. The number of thioether (sulfide) groups is 1. The number of ether oxygens (including phenoxy) is 1. The van der Waals surface area contributed by atoms with Crippen LogP contribution in [0, 0.1) is 0 Å². The number of aromatic amines is 1. The number of nitrogens with zero attached hydrogens (tertiary/aromatic N) is 2. The lowest BCUT2D eigenvalue weighted by Gasteiger charge is -2.39. The van der Waals surface area contributed by atoms with Gasteiger partial charge in [0.05, 0.1) is 31.3 Å². The Hall–Kier alpha value is -2.85. The van der Waals surface area contributed by atoms with Gasteiger partial charge in [0.2, 0.25) is 17.5 Å². The molecule has 1 aromatic carbocycles. The van der Waals surface area contributed by atoms with Crippen molar-refractivity contribution < 1.29 is 24.2 Å². The Morgan fingerprint density at radius 1 is 1.35 bits per heavy atom. The van der Waals surface area contributed by atoms with Gasteiger partial charge in [-0.15, -0.1) is 0 Å².